The molecule has 3 atom stereocenters. The molecule has 0 bridgehead atoms. The van der Waals surface area contributed by atoms with E-state index >= 15 is 0 Å². The average molecular weight is 235 g/mol. The van der Waals surface area contributed by atoms with Crippen molar-refractivity contribution >= 4 is 10.1 Å². The van der Waals surface area contributed by atoms with Crippen molar-refractivity contribution in [2.24, 2.45) is 5.11 Å². The van der Waals surface area contributed by atoms with Gasteiger partial charge in [0.1, 0.15) is 6.10 Å². The van der Waals surface area contributed by atoms with Gasteiger partial charge in [0.15, 0.2) is 0 Å². The van der Waals surface area contributed by atoms with E-state index < -0.39 is 22.3 Å². The summed E-state index contributed by atoms with van der Waals surface area (Å²) in [7, 11) is -3.50. The van der Waals surface area contributed by atoms with Gasteiger partial charge in [0.2, 0.25) is 0 Å². The van der Waals surface area contributed by atoms with Crippen LogP contribution in [0.3, 0.4) is 0 Å². The largest absolute Gasteiger partial charge is 0.372 e. The summed E-state index contributed by atoms with van der Waals surface area (Å²) in [5, 5.41) is 3.35. The minimum Gasteiger partial charge on any atom is -0.372 e. The molecule has 1 heterocycles. The van der Waals surface area contributed by atoms with Crippen LogP contribution in [-0.2, 0) is 19.0 Å². The van der Waals surface area contributed by atoms with Gasteiger partial charge in [-0.2, -0.15) is 8.42 Å². The van der Waals surface area contributed by atoms with Crippen molar-refractivity contribution in [3.05, 3.63) is 10.4 Å². The lowest BCUT2D eigenvalue weighted by Crippen LogP contribution is -2.29. The van der Waals surface area contributed by atoms with E-state index in [1.807, 2.05) is 6.92 Å². The van der Waals surface area contributed by atoms with E-state index in [2.05, 4.69) is 10.0 Å². The minimum absolute atomic E-state index is 0.0844. The smallest absolute Gasteiger partial charge is 0.264 e. The SMILES string of the molecule is C[C@H]1C[C@H](OS(C)(=O)=O)[C@@H](CN=[N+]=[N-])O1. The van der Waals surface area contributed by atoms with Crippen LogP contribution >= 0.6 is 0 Å². The normalized spacial score (nSPS) is 31.2. The molecule has 7 nitrogen and oxygen atoms in total. The van der Waals surface area contributed by atoms with Crippen molar-refractivity contribution in [2.45, 2.75) is 31.7 Å². The third-order valence-corrected chi connectivity index (χ3v) is 2.61. The molecule has 0 aromatic heterocycles. The maximum absolute atomic E-state index is 10.9. The van der Waals surface area contributed by atoms with Crippen LogP contribution < -0.4 is 0 Å². The van der Waals surface area contributed by atoms with Crippen LogP contribution in [0.1, 0.15) is 13.3 Å². The van der Waals surface area contributed by atoms with Gasteiger partial charge < -0.3 is 4.74 Å². The van der Waals surface area contributed by atoms with Gasteiger partial charge in [-0.05, 0) is 12.5 Å². The van der Waals surface area contributed by atoms with Gasteiger partial charge in [-0.15, -0.1) is 0 Å². The van der Waals surface area contributed by atoms with E-state index in [4.69, 9.17) is 14.5 Å². The molecule has 1 rings (SSSR count). The highest BCUT2D eigenvalue weighted by molar-refractivity contribution is 7.86. The Labute approximate surface area is 88.1 Å². The lowest BCUT2D eigenvalue weighted by molar-refractivity contribution is 0.0314. The van der Waals surface area contributed by atoms with Crippen molar-refractivity contribution < 1.29 is 17.3 Å². The van der Waals surface area contributed by atoms with Gasteiger partial charge in [-0.25, -0.2) is 0 Å². The molecule has 0 radical (unpaired) electrons. The zero-order chi connectivity index (χ0) is 11.5. The van der Waals surface area contributed by atoms with Gasteiger partial charge >= 0.3 is 0 Å². The third-order valence-electron chi connectivity index (χ3n) is 2.01. The Kier molecular flexibility index (Phi) is 3.92. The minimum atomic E-state index is -3.50. The quantitative estimate of drug-likeness (QED) is 0.311. The molecule has 0 N–H and O–H groups in total. The molecule has 0 aliphatic carbocycles. The van der Waals surface area contributed by atoms with Crippen LogP contribution in [0.4, 0.5) is 0 Å². The zero-order valence-corrected chi connectivity index (χ0v) is 9.35. The second-order valence-corrected chi connectivity index (χ2v) is 5.07. The fourth-order valence-corrected chi connectivity index (χ4v) is 2.18. The van der Waals surface area contributed by atoms with Crippen LogP contribution in [-0.4, -0.2) is 39.5 Å². The fourth-order valence-electron chi connectivity index (χ4n) is 1.52. The highest BCUT2D eigenvalue weighted by atomic mass is 32.2. The molecular weight excluding hydrogens is 222 g/mol. The highest BCUT2D eigenvalue weighted by Crippen LogP contribution is 2.24. The average Bonchev–Trinajstić information content (AvgIpc) is 2.39. The summed E-state index contributed by atoms with van der Waals surface area (Å²) in [6, 6.07) is 0. The number of hydrogen-bond donors (Lipinski definition) is 0. The molecule has 8 heteroatoms. The topological polar surface area (TPSA) is 101 Å². The first-order chi connectivity index (χ1) is 6.92. The van der Waals surface area contributed by atoms with Crippen LogP contribution in [0.25, 0.3) is 10.4 Å². The maximum atomic E-state index is 10.9. The highest BCUT2D eigenvalue weighted by Gasteiger charge is 2.35. The Morgan fingerprint density at radius 1 is 1.67 bits per heavy atom. The number of ether oxygens (including phenoxy) is 1. The van der Waals surface area contributed by atoms with Gasteiger partial charge in [0, 0.05) is 11.3 Å². The molecule has 0 aromatic rings. The van der Waals surface area contributed by atoms with E-state index in [1.54, 1.807) is 0 Å². The Morgan fingerprint density at radius 2 is 2.33 bits per heavy atom. The first-order valence-electron chi connectivity index (χ1n) is 4.47. The Balaban J connectivity index is 2.64. The summed E-state index contributed by atoms with van der Waals surface area (Å²) in [6.07, 6.45) is 0.348. The number of hydrogen-bond acceptors (Lipinski definition) is 5. The van der Waals surface area contributed by atoms with Gasteiger partial charge in [0.25, 0.3) is 10.1 Å². The van der Waals surface area contributed by atoms with E-state index in [0.29, 0.717) is 6.42 Å². The van der Waals surface area contributed by atoms with Gasteiger partial charge in [0.05, 0.1) is 25.0 Å². The summed E-state index contributed by atoms with van der Waals surface area (Å²) in [6.45, 7) is 1.90. The van der Waals surface area contributed by atoms with Crippen molar-refractivity contribution in [1.82, 2.24) is 0 Å². The third kappa shape index (κ3) is 4.05. The molecule has 0 aromatic carbocycles. The number of nitrogens with zero attached hydrogens (tertiary/aromatic N) is 3. The van der Waals surface area contributed by atoms with E-state index in [1.165, 1.54) is 0 Å². The van der Waals surface area contributed by atoms with Gasteiger partial charge in [-0.1, -0.05) is 5.11 Å². The van der Waals surface area contributed by atoms with Crippen molar-refractivity contribution in [1.29, 1.82) is 0 Å². The lowest BCUT2D eigenvalue weighted by atomic mass is 10.1. The first-order valence-corrected chi connectivity index (χ1v) is 6.28. The lowest BCUT2D eigenvalue weighted by Gasteiger charge is -2.15. The van der Waals surface area contributed by atoms with Crippen LogP contribution in [0.2, 0.25) is 0 Å². The summed E-state index contributed by atoms with van der Waals surface area (Å²) < 4.78 is 32.1. The van der Waals surface area contributed by atoms with E-state index in [-0.39, 0.29) is 12.6 Å². The summed E-state index contributed by atoms with van der Waals surface area (Å²) in [5.74, 6) is 0. The molecule has 0 unspecified atom stereocenters. The monoisotopic (exact) mass is 235 g/mol. The molecule has 0 spiro atoms. The van der Waals surface area contributed by atoms with E-state index in [9.17, 15) is 8.42 Å². The zero-order valence-electron chi connectivity index (χ0n) is 8.53. The summed E-state index contributed by atoms with van der Waals surface area (Å²) in [5.41, 5.74) is 8.16. The maximum Gasteiger partial charge on any atom is 0.264 e. The Bertz CT molecular complexity index is 362. The standard InChI is InChI=1S/C7H13N3O4S/c1-5-3-6(14-15(2,11)12)7(13-5)4-9-10-8/h5-7H,3-4H2,1-2H3/t5-,6-,7+/m0/s1. The summed E-state index contributed by atoms with van der Waals surface area (Å²) >= 11 is 0. The van der Waals surface area contributed by atoms with Crippen molar-refractivity contribution in [3.63, 3.8) is 0 Å². The molecule has 0 saturated carbocycles. The van der Waals surface area contributed by atoms with Crippen LogP contribution in [0.15, 0.2) is 5.11 Å². The fraction of sp³-hybridized carbons (Fsp3) is 1.00. The molecular formula is C7H13N3O4S. The van der Waals surface area contributed by atoms with Crippen LogP contribution in [0, 0.1) is 0 Å². The summed E-state index contributed by atoms with van der Waals surface area (Å²) in [4.78, 5) is 2.60. The van der Waals surface area contributed by atoms with E-state index in [0.717, 1.165) is 6.26 Å². The predicted molar refractivity (Wildman–Crippen MR) is 52.7 cm³/mol. The molecule has 0 amide bonds. The molecule has 86 valence electrons. The second kappa shape index (κ2) is 4.80. The first kappa shape index (κ1) is 12.3. The van der Waals surface area contributed by atoms with Crippen molar-refractivity contribution in [3.8, 4) is 0 Å². The molecule has 1 saturated heterocycles. The predicted octanol–water partition coefficient (Wildman–Crippen LogP) is 0.819. The number of azide groups is 1. The number of rotatable bonds is 4. The Hall–Kier alpha value is -0.820. The van der Waals surface area contributed by atoms with Crippen LogP contribution in [0.5, 0.6) is 0 Å². The molecule has 1 aliphatic heterocycles. The second-order valence-electron chi connectivity index (χ2n) is 3.47. The Morgan fingerprint density at radius 3 is 2.87 bits per heavy atom. The van der Waals surface area contributed by atoms with Gasteiger partial charge in [-0.3, -0.25) is 4.18 Å². The molecule has 1 fully saturated rings. The van der Waals surface area contributed by atoms with Crippen molar-refractivity contribution in [2.75, 3.05) is 12.8 Å². The molecule has 1 aliphatic rings. The molecule has 15 heavy (non-hydrogen) atoms.